The van der Waals surface area contributed by atoms with E-state index in [4.69, 9.17) is 10.8 Å². The number of nitrogens with one attached hydrogen (secondary N) is 1. The normalized spacial score (nSPS) is 15.6. The molecule has 0 bridgehead atoms. The fourth-order valence-electron chi connectivity index (χ4n) is 1.78. The number of carbonyl (C=O) groups excluding carboxylic acids is 3. The first-order valence-corrected chi connectivity index (χ1v) is 6.21. The molecular weight excluding hydrogens is 266 g/mol. The molecule has 20 heavy (non-hydrogen) atoms. The Hall–Kier alpha value is -2.22. The van der Waals surface area contributed by atoms with E-state index in [2.05, 4.69) is 5.32 Å². The molecule has 8 heteroatoms. The molecule has 0 aromatic heterocycles. The van der Waals surface area contributed by atoms with Gasteiger partial charge in [-0.25, -0.2) is 4.79 Å². The van der Waals surface area contributed by atoms with Crippen LogP contribution in [0.3, 0.4) is 0 Å². The van der Waals surface area contributed by atoms with E-state index in [0.717, 1.165) is 4.90 Å². The zero-order chi connectivity index (χ0) is 15.1. The second-order valence-corrected chi connectivity index (χ2v) is 4.32. The van der Waals surface area contributed by atoms with Gasteiger partial charge in [0.1, 0.15) is 6.04 Å². The van der Waals surface area contributed by atoms with Crippen molar-refractivity contribution in [2.24, 2.45) is 5.73 Å². The van der Waals surface area contributed by atoms with Crippen LogP contribution in [0.15, 0.2) is 12.2 Å². The third-order valence-corrected chi connectivity index (χ3v) is 2.84. The van der Waals surface area contributed by atoms with E-state index in [-0.39, 0.29) is 31.3 Å². The Balaban J connectivity index is 2.31. The Morgan fingerprint density at radius 1 is 1.25 bits per heavy atom. The topological polar surface area (TPSA) is 130 Å². The predicted molar refractivity (Wildman–Crippen MR) is 68.3 cm³/mol. The molecule has 1 heterocycles. The lowest BCUT2D eigenvalue weighted by Gasteiger charge is -2.16. The van der Waals surface area contributed by atoms with E-state index in [1.54, 1.807) is 0 Å². The van der Waals surface area contributed by atoms with Gasteiger partial charge >= 0.3 is 5.97 Å². The quantitative estimate of drug-likeness (QED) is 0.371. The minimum atomic E-state index is -1.14. The molecule has 8 nitrogen and oxygen atoms in total. The van der Waals surface area contributed by atoms with E-state index in [9.17, 15) is 19.2 Å². The second kappa shape index (κ2) is 7.39. The maximum Gasteiger partial charge on any atom is 0.326 e. The van der Waals surface area contributed by atoms with Gasteiger partial charge in [0.2, 0.25) is 5.91 Å². The Labute approximate surface area is 115 Å². The number of aliphatic carboxylic acids is 1. The number of hydrogen-bond acceptors (Lipinski definition) is 5. The average molecular weight is 283 g/mol. The van der Waals surface area contributed by atoms with E-state index in [1.807, 2.05) is 0 Å². The van der Waals surface area contributed by atoms with Crippen molar-refractivity contribution < 1.29 is 24.3 Å². The number of unbranched alkanes of at least 4 members (excludes halogenated alkanes) is 1. The van der Waals surface area contributed by atoms with Crippen LogP contribution in [0.25, 0.3) is 0 Å². The van der Waals surface area contributed by atoms with Crippen molar-refractivity contribution >= 4 is 23.7 Å². The number of carboxylic acids is 1. The molecular formula is C12H17N3O5. The van der Waals surface area contributed by atoms with Crippen LogP contribution in [0.2, 0.25) is 0 Å². The molecule has 4 N–H and O–H groups in total. The number of rotatable bonds is 8. The Kier molecular flexibility index (Phi) is 5.85. The summed E-state index contributed by atoms with van der Waals surface area (Å²) in [6, 6.07) is -1.01. The smallest absolute Gasteiger partial charge is 0.326 e. The first-order valence-electron chi connectivity index (χ1n) is 6.21. The second-order valence-electron chi connectivity index (χ2n) is 4.32. The molecule has 0 saturated heterocycles. The fraction of sp³-hybridized carbons (Fsp3) is 0.500. The van der Waals surface area contributed by atoms with E-state index in [0.29, 0.717) is 12.8 Å². The van der Waals surface area contributed by atoms with Gasteiger partial charge in [-0.15, -0.1) is 0 Å². The van der Waals surface area contributed by atoms with Crippen LogP contribution in [0.1, 0.15) is 19.3 Å². The zero-order valence-electron chi connectivity index (χ0n) is 10.9. The van der Waals surface area contributed by atoms with Crippen LogP contribution in [-0.2, 0) is 19.2 Å². The molecule has 0 aliphatic carbocycles. The molecule has 0 saturated carbocycles. The van der Waals surface area contributed by atoms with E-state index < -0.39 is 17.9 Å². The van der Waals surface area contributed by atoms with Crippen molar-refractivity contribution in [3.8, 4) is 0 Å². The van der Waals surface area contributed by atoms with Gasteiger partial charge in [-0.2, -0.15) is 0 Å². The van der Waals surface area contributed by atoms with Gasteiger partial charge in [0.15, 0.2) is 0 Å². The SMILES string of the molecule is NCC(=O)NC(CCCCN1C(=O)C=CC1=O)C(=O)O. The summed E-state index contributed by atoms with van der Waals surface area (Å²) in [7, 11) is 0. The molecule has 1 aliphatic heterocycles. The van der Waals surface area contributed by atoms with Crippen molar-refractivity contribution in [2.75, 3.05) is 13.1 Å². The van der Waals surface area contributed by atoms with Gasteiger partial charge in [0, 0.05) is 18.7 Å². The average Bonchev–Trinajstić information content (AvgIpc) is 2.72. The summed E-state index contributed by atoms with van der Waals surface area (Å²) in [5.74, 6) is -2.39. The highest BCUT2D eigenvalue weighted by Crippen LogP contribution is 2.08. The van der Waals surface area contributed by atoms with Gasteiger partial charge in [-0.05, 0) is 19.3 Å². The summed E-state index contributed by atoms with van der Waals surface area (Å²) >= 11 is 0. The minimum absolute atomic E-state index is 0.213. The summed E-state index contributed by atoms with van der Waals surface area (Å²) in [6.45, 7) is -0.0337. The lowest BCUT2D eigenvalue weighted by molar-refractivity contribution is -0.142. The molecule has 0 radical (unpaired) electrons. The van der Waals surface area contributed by atoms with Crippen molar-refractivity contribution in [2.45, 2.75) is 25.3 Å². The van der Waals surface area contributed by atoms with E-state index in [1.165, 1.54) is 12.2 Å². The lowest BCUT2D eigenvalue weighted by atomic mass is 10.1. The number of imide groups is 1. The summed E-state index contributed by atoms with van der Waals surface area (Å²) in [5.41, 5.74) is 5.10. The number of amides is 3. The summed E-state index contributed by atoms with van der Waals surface area (Å²) < 4.78 is 0. The molecule has 3 amide bonds. The van der Waals surface area contributed by atoms with Crippen LogP contribution >= 0.6 is 0 Å². The molecule has 1 rings (SSSR count). The van der Waals surface area contributed by atoms with Crippen LogP contribution in [0.5, 0.6) is 0 Å². The monoisotopic (exact) mass is 283 g/mol. The maximum atomic E-state index is 11.3. The number of nitrogens with two attached hydrogens (primary N) is 1. The highest BCUT2D eigenvalue weighted by molar-refractivity contribution is 6.12. The largest absolute Gasteiger partial charge is 0.480 e. The first-order chi connectivity index (χ1) is 9.45. The molecule has 0 aromatic rings. The summed E-state index contributed by atoms with van der Waals surface area (Å²) in [6.07, 6.45) is 3.54. The summed E-state index contributed by atoms with van der Waals surface area (Å²) in [5, 5.41) is 11.2. The van der Waals surface area contributed by atoms with Crippen molar-refractivity contribution in [1.29, 1.82) is 0 Å². The van der Waals surface area contributed by atoms with Gasteiger partial charge in [0.05, 0.1) is 6.54 Å². The molecule has 1 aliphatic rings. The predicted octanol–water partition coefficient (Wildman–Crippen LogP) is -1.39. The Bertz CT molecular complexity index is 428. The molecule has 0 aromatic carbocycles. The number of carboxylic acid groups (broad SMARTS) is 1. The molecule has 0 fully saturated rings. The van der Waals surface area contributed by atoms with Gasteiger partial charge in [-0.3, -0.25) is 19.3 Å². The van der Waals surface area contributed by atoms with Gasteiger partial charge in [-0.1, -0.05) is 0 Å². The van der Waals surface area contributed by atoms with Crippen LogP contribution in [0, 0.1) is 0 Å². The van der Waals surface area contributed by atoms with Crippen molar-refractivity contribution in [1.82, 2.24) is 10.2 Å². The standard InChI is InChI=1S/C12H17N3O5/c13-7-9(16)14-8(12(19)20)3-1-2-6-15-10(17)4-5-11(15)18/h4-5,8H,1-3,6-7,13H2,(H,14,16)(H,19,20). The van der Waals surface area contributed by atoms with Crippen LogP contribution < -0.4 is 11.1 Å². The van der Waals surface area contributed by atoms with Crippen molar-refractivity contribution in [3.63, 3.8) is 0 Å². The third-order valence-electron chi connectivity index (χ3n) is 2.84. The molecule has 110 valence electrons. The molecule has 1 atom stereocenters. The zero-order valence-corrected chi connectivity index (χ0v) is 10.9. The maximum absolute atomic E-state index is 11.3. The fourth-order valence-corrected chi connectivity index (χ4v) is 1.78. The third kappa shape index (κ3) is 4.47. The number of hydrogen-bond donors (Lipinski definition) is 3. The van der Waals surface area contributed by atoms with Gasteiger partial charge < -0.3 is 16.2 Å². The van der Waals surface area contributed by atoms with Crippen LogP contribution in [0.4, 0.5) is 0 Å². The lowest BCUT2D eigenvalue weighted by Crippen LogP contribution is -2.43. The summed E-state index contributed by atoms with van der Waals surface area (Å²) in [4.78, 5) is 45.6. The first kappa shape index (κ1) is 15.8. The minimum Gasteiger partial charge on any atom is -0.480 e. The highest BCUT2D eigenvalue weighted by Gasteiger charge is 2.23. The molecule has 1 unspecified atom stereocenters. The Morgan fingerprint density at radius 2 is 1.85 bits per heavy atom. The Morgan fingerprint density at radius 3 is 2.35 bits per heavy atom. The van der Waals surface area contributed by atoms with Crippen molar-refractivity contribution in [3.05, 3.63) is 12.2 Å². The molecule has 0 spiro atoms. The number of carbonyl (C=O) groups is 4. The number of nitrogens with zero attached hydrogens (tertiary/aromatic N) is 1. The van der Waals surface area contributed by atoms with Crippen LogP contribution in [-0.4, -0.2) is 52.8 Å². The van der Waals surface area contributed by atoms with Gasteiger partial charge in [0.25, 0.3) is 11.8 Å². The van der Waals surface area contributed by atoms with E-state index >= 15 is 0 Å². The highest BCUT2D eigenvalue weighted by atomic mass is 16.4.